The van der Waals surface area contributed by atoms with Crippen molar-refractivity contribution in [3.63, 3.8) is 0 Å². The predicted octanol–water partition coefficient (Wildman–Crippen LogP) is 2.20. The van der Waals surface area contributed by atoms with Gasteiger partial charge in [-0.3, -0.25) is 29.5 Å². The second kappa shape index (κ2) is 7.23. The first kappa shape index (κ1) is 19.3. The van der Waals surface area contributed by atoms with Crippen molar-refractivity contribution in [1.29, 1.82) is 0 Å². The summed E-state index contributed by atoms with van der Waals surface area (Å²) in [5.41, 5.74) is 4.02. The summed E-state index contributed by atoms with van der Waals surface area (Å²) in [5.74, 6) is -0.954. The number of nitrogens with one attached hydrogen (secondary N) is 1. The van der Waals surface area contributed by atoms with Crippen LogP contribution in [0, 0.1) is 6.92 Å². The maximum Gasteiger partial charge on any atom is 0.329 e. The molecule has 3 aliphatic rings. The van der Waals surface area contributed by atoms with Crippen LogP contribution < -0.4 is 15.1 Å². The highest BCUT2D eigenvalue weighted by Crippen LogP contribution is 2.32. The second-order valence-corrected chi connectivity index (χ2v) is 8.17. The van der Waals surface area contributed by atoms with Gasteiger partial charge in [0.1, 0.15) is 6.04 Å². The lowest BCUT2D eigenvalue weighted by Gasteiger charge is -2.29. The fraction of sp³-hybridized carbons (Fsp3) is 0.304. The average molecular weight is 418 g/mol. The molecule has 3 aliphatic heterocycles. The topological polar surface area (TPSA) is 90.0 Å². The molecule has 1 N–H and O–H groups in total. The molecule has 1 unspecified atom stereocenters. The summed E-state index contributed by atoms with van der Waals surface area (Å²) in [6.07, 6.45) is 0.548. The summed E-state index contributed by atoms with van der Waals surface area (Å²) in [7, 11) is 0. The molecule has 2 aromatic carbocycles. The highest BCUT2D eigenvalue weighted by Gasteiger charge is 2.39. The molecule has 2 fully saturated rings. The van der Waals surface area contributed by atoms with Crippen LogP contribution in [0.5, 0.6) is 0 Å². The third-order valence-corrected chi connectivity index (χ3v) is 6.14. The predicted molar refractivity (Wildman–Crippen MR) is 114 cm³/mol. The van der Waals surface area contributed by atoms with Gasteiger partial charge in [-0.25, -0.2) is 4.79 Å². The lowest BCUT2D eigenvalue weighted by molar-refractivity contribution is -0.136. The Labute approximate surface area is 179 Å². The highest BCUT2D eigenvalue weighted by molar-refractivity contribution is 6.08. The zero-order valence-corrected chi connectivity index (χ0v) is 17.1. The van der Waals surface area contributed by atoms with Crippen LogP contribution in [-0.4, -0.2) is 47.8 Å². The van der Waals surface area contributed by atoms with Crippen molar-refractivity contribution in [3.8, 4) is 0 Å². The van der Waals surface area contributed by atoms with Crippen molar-refractivity contribution < 1.29 is 19.2 Å². The van der Waals surface area contributed by atoms with Crippen LogP contribution in [0.3, 0.4) is 0 Å². The molecule has 0 aromatic heterocycles. The summed E-state index contributed by atoms with van der Waals surface area (Å²) >= 11 is 0. The maximum atomic E-state index is 13.1. The monoisotopic (exact) mass is 418 g/mol. The fourth-order valence-electron chi connectivity index (χ4n) is 4.54. The van der Waals surface area contributed by atoms with E-state index < -0.39 is 11.9 Å². The van der Waals surface area contributed by atoms with E-state index in [9.17, 15) is 19.2 Å². The van der Waals surface area contributed by atoms with Gasteiger partial charge in [0.15, 0.2) is 0 Å². The second-order valence-electron chi connectivity index (χ2n) is 8.17. The van der Waals surface area contributed by atoms with Gasteiger partial charge in [0.2, 0.25) is 11.8 Å². The summed E-state index contributed by atoms with van der Waals surface area (Å²) < 4.78 is 0. The Morgan fingerprint density at radius 1 is 0.935 bits per heavy atom. The molecule has 2 aromatic rings. The number of rotatable bonds is 3. The van der Waals surface area contributed by atoms with Gasteiger partial charge >= 0.3 is 6.03 Å². The molecule has 3 heterocycles. The van der Waals surface area contributed by atoms with Gasteiger partial charge < -0.3 is 4.90 Å². The minimum Gasteiger partial charge on any atom is -0.322 e. The molecule has 8 heteroatoms. The molecular weight excluding hydrogens is 396 g/mol. The minimum absolute atomic E-state index is 0.100. The first-order valence-electron chi connectivity index (χ1n) is 10.4. The molecule has 0 radical (unpaired) electrons. The Morgan fingerprint density at radius 2 is 1.68 bits per heavy atom. The molecule has 0 aliphatic carbocycles. The zero-order chi connectivity index (χ0) is 21.7. The number of nitrogens with zero attached hydrogens (tertiary/aromatic N) is 3. The Hall–Kier alpha value is -3.68. The number of aryl methyl sites for hydroxylation is 1. The Bertz CT molecular complexity index is 1130. The van der Waals surface area contributed by atoms with Gasteiger partial charge in [0.05, 0.1) is 0 Å². The maximum absolute atomic E-state index is 13.1. The van der Waals surface area contributed by atoms with Crippen LogP contribution in [0.15, 0.2) is 42.5 Å². The number of benzene rings is 2. The normalized spacial score (nSPS) is 21.1. The van der Waals surface area contributed by atoms with Crippen molar-refractivity contribution in [2.45, 2.75) is 32.4 Å². The number of amides is 5. The fourth-order valence-corrected chi connectivity index (χ4v) is 4.54. The summed E-state index contributed by atoms with van der Waals surface area (Å²) in [5, 5.41) is 2.31. The lowest BCUT2D eigenvalue weighted by Crippen LogP contribution is -2.52. The molecule has 31 heavy (non-hydrogen) atoms. The molecule has 0 bridgehead atoms. The van der Waals surface area contributed by atoms with Crippen LogP contribution in [0.4, 0.5) is 16.2 Å². The van der Waals surface area contributed by atoms with E-state index in [1.54, 1.807) is 21.9 Å². The Morgan fingerprint density at radius 3 is 2.39 bits per heavy atom. The van der Waals surface area contributed by atoms with Gasteiger partial charge in [-0.15, -0.1) is 0 Å². The van der Waals surface area contributed by atoms with E-state index in [2.05, 4.69) is 5.32 Å². The molecule has 0 spiro atoms. The number of imide groups is 1. The van der Waals surface area contributed by atoms with E-state index >= 15 is 0 Å². The van der Waals surface area contributed by atoms with Gasteiger partial charge in [0, 0.05) is 43.0 Å². The van der Waals surface area contributed by atoms with Crippen LogP contribution >= 0.6 is 0 Å². The lowest BCUT2D eigenvalue weighted by atomic mass is 10.0. The van der Waals surface area contributed by atoms with Crippen molar-refractivity contribution in [1.82, 2.24) is 10.2 Å². The summed E-state index contributed by atoms with van der Waals surface area (Å²) in [6, 6.07) is 12.5. The molecule has 8 nitrogen and oxygen atoms in total. The van der Waals surface area contributed by atoms with Crippen molar-refractivity contribution in [2.24, 2.45) is 0 Å². The van der Waals surface area contributed by atoms with Crippen molar-refractivity contribution in [2.75, 3.05) is 22.9 Å². The van der Waals surface area contributed by atoms with E-state index in [1.165, 1.54) is 4.90 Å². The van der Waals surface area contributed by atoms with Gasteiger partial charge in [-0.05, 0) is 54.8 Å². The molecule has 5 rings (SSSR count). The number of hydrogen-bond donors (Lipinski definition) is 1. The first-order chi connectivity index (χ1) is 14.9. The van der Waals surface area contributed by atoms with Gasteiger partial charge in [0.25, 0.3) is 5.91 Å². The molecule has 2 saturated heterocycles. The molecule has 158 valence electrons. The molecule has 0 saturated carbocycles. The Kier molecular flexibility index (Phi) is 4.50. The van der Waals surface area contributed by atoms with E-state index in [1.807, 2.05) is 37.3 Å². The third kappa shape index (κ3) is 3.24. The number of hydrogen-bond acceptors (Lipinski definition) is 4. The van der Waals surface area contributed by atoms with Crippen LogP contribution in [-0.2, 0) is 16.1 Å². The van der Waals surface area contributed by atoms with Crippen LogP contribution in [0.2, 0.25) is 0 Å². The van der Waals surface area contributed by atoms with E-state index in [0.717, 1.165) is 22.5 Å². The molecular formula is C23H22N4O4. The smallest absolute Gasteiger partial charge is 0.322 e. The summed E-state index contributed by atoms with van der Waals surface area (Å²) in [4.78, 5) is 54.5. The SMILES string of the molecule is Cc1cccc(N2CCN(c3ccc4c(c3)CN(C3CCC(=O)NC3=O)C4=O)C2=O)c1. The third-order valence-electron chi connectivity index (χ3n) is 6.14. The van der Waals surface area contributed by atoms with E-state index in [-0.39, 0.29) is 30.8 Å². The number of carbonyl (C=O) groups is 4. The van der Waals surface area contributed by atoms with Crippen molar-refractivity contribution in [3.05, 3.63) is 59.2 Å². The first-order valence-corrected chi connectivity index (χ1v) is 10.4. The molecule has 1 atom stereocenters. The van der Waals surface area contributed by atoms with Crippen LogP contribution in [0.25, 0.3) is 0 Å². The number of anilines is 2. The number of urea groups is 1. The largest absolute Gasteiger partial charge is 0.329 e. The number of fused-ring (bicyclic) bond motifs is 1. The van der Waals surface area contributed by atoms with Crippen LogP contribution in [0.1, 0.15) is 34.3 Å². The van der Waals surface area contributed by atoms with Gasteiger partial charge in [-0.1, -0.05) is 12.1 Å². The highest BCUT2D eigenvalue weighted by atomic mass is 16.2. The van der Waals surface area contributed by atoms with Gasteiger partial charge in [-0.2, -0.15) is 0 Å². The van der Waals surface area contributed by atoms with Crippen molar-refractivity contribution >= 4 is 35.1 Å². The van der Waals surface area contributed by atoms with E-state index in [4.69, 9.17) is 0 Å². The quantitative estimate of drug-likeness (QED) is 0.774. The zero-order valence-electron chi connectivity index (χ0n) is 17.1. The number of carbonyl (C=O) groups excluding carboxylic acids is 4. The standard InChI is InChI=1S/C23H22N4O4/c1-14-3-2-4-16(11-14)25-9-10-26(23(25)31)17-5-6-18-15(12-17)13-27(22(18)30)19-7-8-20(28)24-21(19)29/h2-6,11-12,19H,7-10,13H2,1H3,(H,24,28,29). The molecule has 5 amide bonds. The minimum atomic E-state index is -0.647. The number of piperidine rings is 1. The average Bonchev–Trinajstić information content (AvgIpc) is 3.28. The summed E-state index contributed by atoms with van der Waals surface area (Å²) in [6.45, 7) is 3.42. The van der Waals surface area contributed by atoms with E-state index in [0.29, 0.717) is 25.1 Å². The Balaban J connectivity index is 1.36.